The number of hydrogen-bond donors (Lipinski definition) is 1. The highest BCUT2D eigenvalue weighted by Gasteiger charge is 2.05. The number of ether oxygens (including phenoxy) is 2. The minimum absolute atomic E-state index is 0.404. The lowest BCUT2D eigenvalue weighted by Gasteiger charge is -2.08. The van der Waals surface area contributed by atoms with Crippen LogP contribution >= 0.6 is 0 Å². The summed E-state index contributed by atoms with van der Waals surface area (Å²) in [6.07, 6.45) is 0. The lowest BCUT2D eigenvalue weighted by molar-refractivity contribution is 0.323. The van der Waals surface area contributed by atoms with E-state index in [1.165, 1.54) is 0 Å². The van der Waals surface area contributed by atoms with Gasteiger partial charge in [-0.3, -0.25) is 0 Å². The number of hydrogen-bond acceptors (Lipinski definition) is 4. The molecule has 0 spiro atoms. The molecule has 0 unspecified atom stereocenters. The molecular formula is C13H14N2O2. The van der Waals surface area contributed by atoms with Crippen LogP contribution in [0.1, 0.15) is 6.92 Å². The molecule has 0 saturated heterocycles. The van der Waals surface area contributed by atoms with Crippen LogP contribution in [0, 0.1) is 0 Å². The van der Waals surface area contributed by atoms with Crippen molar-refractivity contribution in [1.29, 1.82) is 0 Å². The van der Waals surface area contributed by atoms with E-state index in [2.05, 4.69) is 4.98 Å². The van der Waals surface area contributed by atoms with Crippen LogP contribution in [-0.2, 0) is 0 Å². The molecule has 0 bridgehead atoms. The normalized spacial score (nSPS) is 9.94. The smallest absolute Gasteiger partial charge is 0.240 e. The Balaban J connectivity index is 2.19. The third-order valence-corrected chi connectivity index (χ3v) is 2.11. The largest absolute Gasteiger partial charge is 0.476 e. The van der Waals surface area contributed by atoms with E-state index < -0.39 is 0 Å². The second-order valence-corrected chi connectivity index (χ2v) is 3.39. The van der Waals surface area contributed by atoms with Gasteiger partial charge in [0.05, 0.1) is 12.3 Å². The Labute approximate surface area is 100 Å². The Morgan fingerprint density at radius 2 is 1.88 bits per heavy atom. The van der Waals surface area contributed by atoms with E-state index in [-0.39, 0.29) is 0 Å². The summed E-state index contributed by atoms with van der Waals surface area (Å²) in [5.74, 6) is 1.60. The molecule has 0 aliphatic heterocycles. The number of benzene rings is 1. The van der Waals surface area contributed by atoms with Gasteiger partial charge in [-0.25, -0.2) is 0 Å². The van der Waals surface area contributed by atoms with Crippen molar-refractivity contribution in [1.82, 2.24) is 4.98 Å². The molecule has 88 valence electrons. The van der Waals surface area contributed by atoms with Gasteiger partial charge < -0.3 is 15.2 Å². The SMILES string of the molecule is CCOc1nc(Oc2ccccc2)ccc1N. The standard InChI is InChI=1S/C13H14N2O2/c1-2-16-13-11(14)8-9-12(15-13)17-10-6-4-3-5-7-10/h3-9H,2,14H2,1H3. The van der Waals surface area contributed by atoms with E-state index in [0.29, 0.717) is 24.1 Å². The molecule has 0 aliphatic carbocycles. The Kier molecular flexibility index (Phi) is 3.45. The van der Waals surface area contributed by atoms with Gasteiger partial charge in [0, 0.05) is 6.07 Å². The van der Waals surface area contributed by atoms with Crippen LogP contribution in [0.25, 0.3) is 0 Å². The summed E-state index contributed by atoms with van der Waals surface area (Å²) in [4.78, 5) is 4.19. The van der Waals surface area contributed by atoms with Crippen molar-refractivity contribution < 1.29 is 9.47 Å². The number of aromatic nitrogens is 1. The third-order valence-electron chi connectivity index (χ3n) is 2.11. The molecule has 0 radical (unpaired) electrons. The summed E-state index contributed by atoms with van der Waals surface area (Å²) < 4.78 is 10.9. The maximum Gasteiger partial charge on any atom is 0.240 e. The Morgan fingerprint density at radius 1 is 1.12 bits per heavy atom. The van der Waals surface area contributed by atoms with E-state index in [4.69, 9.17) is 15.2 Å². The van der Waals surface area contributed by atoms with Crippen LogP contribution in [0.2, 0.25) is 0 Å². The van der Waals surface area contributed by atoms with Crippen LogP contribution in [-0.4, -0.2) is 11.6 Å². The van der Waals surface area contributed by atoms with E-state index in [9.17, 15) is 0 Å². The number of anilines is 1. The van der Waals surface area contributed by atoms with Gasteiger partial charge in [-0.15, -0.1) is 0 Å². The van der Waals surface area contributed by atoms with Crippen molar-refractivity contribution >= 4 is 5.69 Å². The fraction of sp³-hybridized carbons (Fsp3) is 0.154. The molecule has 4 nitrogen and oxygen atoms in total. The monoisotopic (exact) mass is 230 g/mol. The number of para-hydroxylation sites is 1. The van der Waals surface area contributed by atoms with Gasteiger partial charge in [0.15, 0.2) is 0 Å². The summed E-state index contributed by atoms with van der Waals surface area (Å²) >= 11 is 0. The molecule has 2 rings (SSSR count). The summed E-state index contributed by atoms with van der Waals surface area (Å²) in [6, 6.07) is 12.9. The number of pyridine rings is 1. The third kappa shape index (κ3) is 2.87. The van der Waals surface area contributed by atoms with E-state index in [1.54, 1.807) is 12.1 Å². The van der Waals surface area contributed by atoms with E-state index in [1.807, 2.05) is 37.3 Å². The topological polar surface area (TPSA) is 57.4 Å². The van der Waals surface area contributed by atoms with Gasteiger partial charge in [0.25, 0.3) is 0 Å². The summed E-state index contributed by atoms with van der Waals surface area (Å²) in [7, 11) is 0. The highest BCUT2D eigenvalue weighted by atomic mass is 16.5. The first-order valence-electron chi connectivity index (χ1n) is 5.42. The van der Waals surface area contributed by atoms with Crippen LogP contribution in [0.4, 0.5) is 5.69 Å². The van der Waals surface area contributed by atoms with Crippen molar-refractivity contribution in [2.45, 2.75) is 6.92 Å². The summed E-state index contributed by atoms with van der Waals surface area (Å²) in [5, 5.41) is 0. The second kappa shape index (κ2) is 5.21. The van der Waals surface area contributed by atoms with Gasteiger partial charge in [0.1, 0.15) is 5.75 Å². The molecule has 0 aliphatic rings. The zero-order chi connectivity index (χ0) is 12.1. The number of rotatable bonds is 4. The molecule has 1 aromatic heterocycles. The Bertz CT molecular complexity index is 486. The van der Waals surface area contributed by atoms with Gasteiger partial charge in [0.2, 0.25) is 11.8 Å². The maximum atomic E-state index is 5.73. The number of nitrogens with two attached hydrogens (primary N) is 1. The predicted octanol–water partition coefficient (Wildman–Crippen LogP) is 2.85. The highest BCUT2D eigenvalue weighted by Crippen LogP contribution is 2.25. The van der Waals surface area contributed by atoms with Crippen molar-refractivity contribution in [3.63, 3.8) is 0 Å². The zero-order valence-corrected chi connectivity index (χ0v) is 9.59. The molecule has 17 heavy (non-hydrogen) atoms. The first kappa shape index (κ1) is 11.3. The molecule has 0 atom stereocenters. The Hall–Kier alpha value is -2.23. The van der Waals surface area contributed by atoms with Crippen LogP contribution in [0.3, 0.4) is 0 Å². The van der Waals surface area contributed by atoms with Crippen molar-refractivity contribution in [2.75, 3.05) is 12.3 Å². The van der Waals surface area contributed by atoms with Crippen LogP contribution in [0.5, 0.6) is 17.5 Å². The highest BCUT2D eigenvalue weighted by molar-refractivity contribution is 5.49. The molecule has 2 N–H and O–H groups in total. The minimum Gasteiger partial charge on any atom is -0.476 e. The minimum atomic E-state index is 0.404. The van der Waals surface area contributed by atoms with Crippen LogP contribution in [0.15, 0.2) is 42.5 Å². The van der Waals surface area contributed by atoms with Gasteiger partial charge in [-0.05, 0) is 25.1 Å². The lowest BCUT2D eigenvalue weighted by Crippen LogP contribution is -2.00. The van der Waals surface area contributed by atoms with Crippen LogP contribution < -0.4 is 15.2 Å². The van der Waals surface area contributed by atoms with E-state index >= 15 is 0 Å². The average molecular weight is 230 g/mol. The van der Waals surface area contributed by atoms with Crippen molar-refractivity contribution in [3.8, 4) is 17.5 Å². The summed E-state index contributed by atoms with van der Waals surface area (Å²) in [5.41, 5.74) is 6.23. The molecular weight excluding hydrogens is 216 g/mol. The quantitative estimate of drug-likeness (QED) is 0.877. The van der Waals surface area contributed by atoms with Crippen molar-refractivity contribution in [3.05, 3.63) is 42.5 Å². The van der Waals surface area contributed by atoms with E-state index in [0.717, 1.165) is 5.75 Å². The lowest BCUT2D eigenvalue weighted by atomic mass is 10.3. The predicted molar refractivity (Wildman–Crippen MR) is 66.3 cm³/mol. The molecule has 0 amide bonds. The van der Waals surface area contributed by atoms with Crippen molar-refractivity contribution in [2.24, 2.45) is 0 Å². The van der Waals surface area contributed by atoms with Gasteiger partial charge in [-0.2, -0.15) is 4.98 Å². The molecule has 0 saturated carbocycles. The molecule has 0 fully saturated rings. The maximum absolute atomic E-state index is 5.73. The average Bonchev–Trinajstić information content (AvgIpc) is 2.35. The second-order valence-electron chi connectivity index (χ2n) is 3.39. The first-order chi connectivity index (χ1) is 8.29. The van der Waals surface area contributed by atoms with Gasteiger partial charge >= 0.3 is 0 Å². The fourth-order valence-corrected chi connectivity index (χ4v) is 1.35. The molecule has 1 aromatic carbocycles. The zero-order valence-electron chi connectivity index (χ0n) is 9.59. The molecule has 2 aromatic rings. The number of nitrogens with zero attached hydrogens (tertiary/aromatic N) is 1. The fourth-order valence-electron chi connectivity index (χ4n) is 1.35. The summed E-state index contributed by atoms with van der Waals surface area (Å²) in [6.45, 7) is 2.40. The number of nitrogen functional groups attached to an aromatic ring is 1. The molecule has 4 heteroatoms. The first-order valence-corrected chi connectivity index (χ1v) is 5.42. The molecule has 1 heterocycles. The van der Waals surface area contributed by atoms with Gasteiger partial charge in [-0.1, -0.05) is 18.2 Å². The Morgan fingerprint density at radius 3 is 2.59 bits per heavy atom.